The molecule has 0 spiro atoms. The van der Waals surface area contributed by atoms with E-state index in [0.717, 1.165) is 12.1 Å². The molecule has 1 atom stereocenters. The van der Waals surface area contributed by atoms with Crippen molar-refractivity contribution in [3.63, 3.8) is 0 Å². The zero-order valence-electron chi connectivity index (χ0n) is 17.8. The van der Waals surface area contributed by atoms with Gasteiger partial charge in [-0.25, -0.2) is 4.39 Å². The molecule has 5 nitrogen and oxygen atoms in total. The normalized spacial score (nSPS) is 14.4. The third-order valence-corrected chi connectivity index (χ3v) is 5.62. The van der Waals surface area contributed by atoms with Gasteiger partial charge in [-0.15, -0.1) is 0 Å². The van der Waals surface area contributed by atoms with Gasteiger partial charge in [0, 0.05) is 34.1 Å². The van der Waals surface area contributed by atoms with E-state index in [2.05, 4.69) is 4.98 Å². The van der Waals surface area contributed by atoms with Gasteiger partial charge in [-0.2, -0.15) is 13.2 Å². The van der Waals surface area contributed by atoms with Crippen molar-refractivity contribution in [1.82, 2.24) is 4.98 Å². The van der Waals surface area contributed by atoms with E-state index in [1.807, 2.05) is 0 Å². The summed E-state index contributed by atoms with van der Waals surface area (Å²) in [5.41, 5.74) is 1.76. The van der Waals surface area contributed by atoms with Crippen LogP contribution in [0.1, 0.15) is 41.9 Å². The first-order chi connectivity index (χ1) is 14.8. The second kappa shape index (κ2) is 8.12. The van der Waals surface area contributed by atoms with Gasteiger partial charge in [-0.05, 0) is 48.2 Å². The fraction of sp³-hybridized carbons (Fsp3) is 0.348. The summed E-state index contributed by atoms with van der Waals surface area (Å²) in [7, 11) is 1.34. The Kier molecular flexibility index (Phi) is 5.99. The van der Waals surface area contributed by atoms with Crippen LogP contribution in [0.4, 0.5) is 17.6 Å². The van der Waals surface area contributed by atoms with Crippen LogP contribution in [0.5, 0.6) is 5.75 Å². The molecule has 32 heavy (non-hydrogen) atoms. The minimum absolute atomic E-state index is 0.0792. The van der Waals surface area contributed by atoms with E-state index >= 15 is 0 Å². The molecule has 1 heterocycles. The van der Waals surface area contributed by atoms with Crippen LogP contribution in [-0.2, 0) is 11.8 Å². The summed E-state index contributed by atoms with van der Waals surface area (Å²) in [6.07, 6.45) is -6.56. The number of nitrogens with one attached hydrogen (secondary N) is 1. The number of aromatic nitrogens is 1. The van der Waals surface area contributed by atoms with Crippen LogP contribution in [0.3, 0.4) is 0 Å². The molecule has 0 saturated carbocycles. The molecule has 2 aromatic carbocycles. The molecule has 1 amide bonds. The summed E-state index contributed by atoms with van der Waals surface area (Å²) in [6, 6.07) is 9.59. The Balaban J connectivity index is 2.03. The van der Waals surface area contributed by atoms with E-state index in [0.29, 0.717) is 10.9 Å². The number of nitrogens with two attached hydrogens (primary N) is 1. The number of halogens is 4. The van der Waals surface area contributed by atoms with Crippen LogP contribution in [0.15, 0.2) is 42.5 Å². The fourth-order valence-electron chi connectivity index (χ4n) is 4.14. The molecule has 4 N–H and O–H groups in total. The summed E-state index contributed by atoms with van der Waals surface area (Å²) in [5.74, 6) is -1.12. The summed E-state index contributed by atoms with van der Waals surface area (Å²) < 4.78 is 61.4. The lowest BCUT2D eigenvalue weighted by Gasteiger charge is -2.38. The van der Waals surface area contributed by atoms with E-state index in [1.54, 1.807) is 12.1 Å². The quantitative estimate of drug-likeness (QED) is 0.457. The first kappa shape index (κ1) is 23.6. The number of amides is 1. The molecular formula is C23H24F4N2O3. The molecule has 0 aliphatic rings. The predicted octanol–water partition coefficient (Wildman–Crippen LogP) is 4.62. The number of hydrogen-bond acceptors (Lipinski definition) is 3. The van der Waals surface area contributed by atoms with E-state index in [1.165, 1.54) is 39.2 Å². The van der Waals surface area contributed by atoms with Gasteiger partial charge in [0.2, 0.25) is 5.91 Å². The number of alkyl halides is 3. The molecular weight excluding hydrogens is 428 g/mol. The van der Waals surface area contributed by atoms with Gasteiger partial charge in [0.15, 0.2) is 5.60 Å². The van der Waals surface area contributed by atoms with Crippen LogP contribution in [0.2, 0.25) is 0 Å². The van der Waals surface area contributed by atoms with Crippen molar-refractivity contribution in [3.8, 4) is 5.75 Å². The molecule has 0 bridgehead atoms. The number of ether oxygens (including phenoxy) is 1. The lowest BCUT2D eigenvalue weighted by Crippen LogP contribution is -2.51. The molecule has 1 aromatic heterocycles. The Morgan fingerprint density at radius 1 is 1.16 bits per heavy atom. The summed E-state index contributed by atoms with van der Waals surface area (Å²) in [5, 5.41) is 11.2. The number of methoxy groups -OCH3 is 1. The number of primary amides is 1. The Morgan fingerprint density at radius 3 is 2.44 bits per heavy atom. The van der Waals surface area contributed by atoms with Crippen molar-refractivity contribution in [2.45, 2.75) is 43.9 Å². The highest BCUT2D eigenvalue weighted by atomic mass is 19.4. The van der Waals surface area contributed by atoms with Crippen molar-refractivity contribution in [3.05, 3.63) is 65.1 Å². The SMILES string of the molecule is COc1ccc(F)cc1C(C)(C)CC(O)(Cc1cc2c(C(N)=O)cccc2[nH]1)C(F)(F)F. The molecule has 172 valence electrons. The second-order valence-electron chi connectivity index (χ2n) is 8.54. The summed E-state index contributed by atoms with van der Waals surface area (Å²) in [4.78, 5) is 14.5. The Bertz CT molecular complexity index is 1150. The number of benzene rings is 2. The van der Waals surface area contributed by atoms with Crippen molar-refractivity contribution in [1.29, 1.82) is 0 Å². The third-order valence-electron chi connectivity index (χ3n) is 5.62. The van der Waals surface area contributed by atoms with Crippen molar-refractivity contribution >= 4 is 16.8 Å². The lowest BCUT2D eigenvalue weighted by molar-refractivity contribution is -0.266. The highest BCUT2D eigenvalue weighted by Crippen LogP contribution is 2.45. The van der Waals surface area contributed by atoms with E-state index < -0.39 is 41.8 Å². The Labute approximate surface area is 182 Å². The fourth-order valence-corrected chi connectivity index (χ4v) is 4.14. The predicted molar refractivity (Wildman–Crippen MR) is 112 cm³/mol. The maximum absolute atomic E-state index is 14.1. The van der Waals surface area contributed by atoms with Crippen LogP contribution in [-0.4, -0.2) is 34.9 Å². The number of aliphatic hydroxyl groups is 1. The zero-order chi connectivity index (χ0) is 23.9. The monoisotopic (exact) mass is 452 g/mol. The highest BCUT2D eigenvalue weighted by molar-refractivity contribution is 6.05. The average molecular weight is 452 g/mol. The topological polar surface area (TPSA) is 88.3 Å². The van der Waals surface area contributed by atoms with Crippen molar-refractivity contribution < 1.29 is 32.2 Å². The van der Waals surface area contributed by atoms with Crippen molar-refractivity contribution in [2.75, 3.05) is 7.11 Å². The molecule has 0 aliphatic heterocycles. The van der Waals surface area contributed by atoms with Gasteiger partial charge in [0.05, 0.1) is 7.11 Å². The number of H-pyrrole nitrogens is 1. The lowest BCUT2D eigenvalue weighted by atomic mass is 9.73. The Hall–Kier alpha value is -3.07. The molecule has 3 rings (SSSR count). The molecule has 0 fully saturated rings. The van der Waals surface area contributed by atoms with E-state index in [4.69, 9.17) is 10.5 Å². The number of rotatable bonds is 7. The minimum atomic E-state index is -4.99. The van der Waals surface area contributed by atoms with Crippen LogP contribution < -0.4 is 10.5 Å². The zero-order valence-corrected chi connectivity index (χ0v) is 17.8. The first-order valence-corrected chi connectivity index (χ1v) is 9.81. The standard InChI is InChI=1S/C23H24F4N2O3/c1-21(2,17-9-13(24)7-8-19(17)32-3)12-22(31,23(25,26)27)11-14-10-16-15(20(28)30)5-4-6-18(16)29-14/h4-10,29,31H,11-12H2,1-3H3,(H2,28,30). The smallest absolute Gasteiger partial charge is 0.417 e. The van der Waals surface area contributed by atoms with Crippen LogP contribution in [0, 0.1) is 5.82 Å². The van der Waals surface area contributed by atoms with Gasteiger partial charge in [-0.3, -0.25) is 4.79 Å². The van der Waals surface area contributed by atoms with Gasteiger partial charge >= 0.3 is 6.18 Å². The van der Waals surface area contributed by atoms with Crippen LogP contribution >= 0.6 is 0 Å². The first-order valence-electron chi connectivity index (χ1n) is 9.81. The molecule has 0 saturated heterocycles. The van der Waals surface area contributed by atoms with Gasteiger partial charge < -0.3 is 20.6 Å². The number of carbonyl (C=O) groups excluding carboxylic acids is 1. The maximum atomic E-state index is 14.1. The summed E-state index contributed by atoms with van der Waals surface area (Å²) in [6.45, 7) is 2.97. The number of carbonyl (C=O) groups is 1. The molecule has 3 aromatic rings. The van der Waals surface area contributed by atoms with Crippen LogP contribution in [0.25, 0.3) is 10.9 Å². The maximum Gasteiger partial charge on any atom is 0.417 e. The molecule has 0 radical (unpaired) electrons. The minimum Gasteiger partial charge on any atom is -0.496 e. The van der Waals surface area contributed by atoms with E-state index in [-0.39, 0.29) is 22.6 Å². The van der Waals surface area contributed by atoms with Crippen molar-refractivity contribution in [2.24, 2.45) is 5.73 Å². The number of hydrogen-bond donors (Lipinski definition) is 3. The summed E-state index contributed by atoms with van der Waals surface area (Å²) >= 11 is 0. The molecule has 1 unspecified atom stereocenters. The second-order valence-corrected chi connectivity index (χ2v) is 8.54. The Morgan fingerprint density at radius 2 is 1.84 bits per heavy atom. The van der Waals surface area contributed by atoms with Gasteiger partial charge in [-0.1, -0.05) is 19.9 Å². The molecule has 9 heteroatoms. The average Bonchev–Trinajstić information content (AvgIpc) is 3.08. The van der Waals surface area contributed by atoms with Gasteiger partial charge in [0.1, 0.15) is 11.6 Å². The number of aromatic amines is 1. The molecule has 0 aliphatic carbocycles. The largest absolute Gasteiger partial charge is 0.496 e. The number of fused-ring (bicyclic) bond motifs is 1. The van der Waals surface area contributed by atoms with E-state index in [9.17, 15) is 27.5 Å². The third kappa shape index (κ3) is 4.43. The highest BCUT2D eigenvalue weighted by Gasteiger charge is 2.56. The van der Waals surface area contributed by atoms with Gasteiger partial charge in [0.25, 0.3) is 0 Å².